The maximum Gasteiger partial charge on any atom is 0.141 e. The van der Waals surface area contributed by atoms with Crippen LogP contribution < -0.4 is 4.74 Å². The molecule has 0 spiro atoms. The van der Waals surface area contributed by atoms with Crippen molar-refractivity contribution in [3.63, 3.8) is 0 Å². The van der Waals surface area contributed by atoms with Gasteiger partial charge in [0.1, 0.15) is 18.2 Å². The summed E-state index contributed by atoms with van der Waals surface area (Å²) in [5.74, 6) is 0.258. The quantitative estimate of drug-likeness (QED) is 0.841. The summed E-state index contributed by atoms with van der Waals surface area (Å²) in [5.41, 5.74) is 1.74. The number of hydrogen-bond donors (Lipinski definition) is 0. The molecular weight excluding hydrogens is 265 g/mol. The second-order valence-corrected chi connectivity index (χ2v) is 4.42. The Morgan fingerprint density at radius 3 is 2.42 bits per heavy atom. The first-order valence-electron chi connectivity index (χ1n) is 5.71. The van der Waals surface area contributed by atoms with Crippen LogP contribution in [0.1, 0.15) is 11.1 Å². The number of benzene rings is 2. The average molecular weight is 276 g/mol. The van der Waals surface area contributed by atoms with Crippen molar-refractivity contribution >= 4 is 11.6 Å². The smallest absolute Gasteiger partial charge is 0.141 e. The molecule has 96 valence electrons. The van der Waals surface area contributed by atoms with Crippen molar-refractivity contribution in [3.05, 3.63) is 64.4 Å². The summed E-state index contributed by atoms with van der Waals surface area (Å²) < 4.78 is 18.5. The highest BCUT2D eigenvalue weighted by Crippen LogP contribution is 2.18. The summed E-state index contributed by atoms with van der Waals surface area (Å²) in [7, 11) is 0. The van der Waals surface area contributed by atoms with Crippen molar-refractivity contribution in [3.8, 4) is 11.8 Å². The van der Waals surface area contributed by atoms with E-state index < -0.39 is 5.82 Å². The van der Waals surface area contributed by atoms with Crippen LogP contribution in [0, 0.1) is 17.1 Å². The molecule has 0 atom stereocenters. The van der Waals surface area contributed by atoms with Crippen molar-refractivity contribution in [2.75, 3.05) is 0 Å². The molecule has 0 radical (unpaired) electrons. The van der Waals surface area contributed by atoms with E-state index in [1.807, 2.05) is 12.1 Å². The fourth-order valence-corrected chi connectivity index (χ4v) is 1.79. The Morgan fingerprint density at radius 1 is 1.11 bits per heavy atom. The minimum absolute atomic E-state index is 0.0884. The summed E-state index contributed by atoms with van der Waals surface area (Å²) in [6.07, 6.45) is 0.383. The van der Waals surface area contributed by atoms with Crippen molar-refractivity contribution in [1.82, 2.24) is 0 Å². The molecule has 0 bridgehead atoms. The highest BCUT2D eigenvalue weighted by Gasteiger charge is 2.02. The van der Waals surface area contributed by atoms with Crippen LogP contribution in [-0.4, -0.2) is 0 Å². The van der Waals surface area contributed by atoms with Gasteiger partial charge in [-0.2, -0.15) is 5.26 Å². The van der Waals surface area contributed by atoms with E-state index in [0.717, 1.165) is 11.1 Å². The largest absolute Gasteiger partial charge is 0.489 e. The normalized spacial score (nSPS) is 9.95. The minimum Gasteiger partial charge on any atom is -0.489 e. The van der Waals surface area contributed by atoms with Crippen molar-refractivity contribution in [2.45, 2.75) is 13.0 Å². The summed E-state index contributed by atoms with van der Waals surface area (Å²) in [6, 6.07) is 13.9. The lowest BCUT2D eigenvalue weighted by atomic mass is 10.2. The fraction of sp³-hybridized carbons (Fsp3) is 0.133. The first-order chi connectivity index (χ1) is 9.19. The predicted octanol–water partition coefficient (Wildman–Crippen LogP) is 4.12. The van der Waals surface area contributed by atoms with E-state index in [4.69, 9.17) is 21.6 Å². The zero-order valence-corrected chi connectivity index (χ0v) is 10.8. The monoisotopic (exact) mass is 275 g/mol. The van der Waals surface area contributed by atoms with Gasteiger partial charge in [-0.1, -0.05) is 29.8 Å². The van der Waals surface area contributed by atoms with Gasteiger partial charge in [-0.15, -0.1) is 0 Å². The molecule has 0 amide bonds. The summed E-state index contributed by atoms with van der Waals surface area (Å²) in [4.78, 5) is 0. The number of rotatable bonds is 4. The fourth-order valence-electron chi connectivity index (χ4n) is 1.59. The summed E-state index contributed by atoms with van der Waals surface area (Å²) >= 11 is 5.69. The zero-order chi connectivity index (χ0) is 13.7. The second-order valence-electron chi connectivity index (χ2n) is 4.02. The number of hydrogen-bond acceptors (Lipinski definition) is 2. The molecule has 0 unspecified atom stereocenters. The molecule has 0 aliphatic heterocycles. The van der Waals surface area contributed by atoms with Gasteiger partial charge in [-0.25, -0.2) is 4.39 Å². The molecule has 2 aromatic carbocycles. The Hall–Kier alpha value is -2.05. The Morgan fingerprint density at radius 2 is 1.79 bits per heavy atom. The van der Waals surface area contributed by atoms with E-state index in [-0.39, 0.29) is 5.02 Å². The van der Waals surface area contributed by atoms with E-state index in [1.165, 1.54) is 6.07 Å². The molecule has 0 fully saturated rings. The van der Waals surface area contributed by atoms with Gasteiger partial charge in [0, 0.05) is 0 Å². The van der Waals surface area contributed by atoms with Crippen molar-refractivity contribution in [1.29, 1.82) is 5.26 Å². The lowest BCUT2D eigenvalue weighted by molar-refractivity contribution is 0.306. The second kappa shape index (κ2) is 6.21. The van der Waals surface area contributed by atoms with Crippen LogP contribution in [0.2, 0.25) is 5.02 Å². The van der Waals surface area contributed by atoms with Crippen LogP contribution in [0.25, 0.3) is 0 Å². The first-order valence-corrected chi connectivity index (χ1v) is 6.09. The number of nitriles is 1. The highest BCUT2D eigenvalue weighted by molar-refractivity contribution is 6.30. The topological polar surface area (TPSA) is 33.0 Å². The summed E-state index contributed by atoms with van der Waals surface area (Å²) in [6.45, 7) is 0.317. The van der Waals surface area contributed by atoms with Gasteiger partial charge < -0.3 is 4.74 Å². The Bertz CT molecular complexity index is 605. The third-order valence-electron chi connectivity index (χ3n) is 2.60. The van der Waals surface area contributed by atoms with Gasteiger partial charge in [0.15, 0.2) is 0 Å². The average Bonchev–Trinajstić information content (AvgIpc) is 2.42. The Kier molecular flexibility index (Phi) is 4.38. The Balaban J connectivity index is 1.98. The molecule has 0 aromatic heterocycles. The van der Waals surface area contributed by atoms with E-state index in [1.54, 1.807) is 24.3 Å². The Labute approximate surface area is 116 Å². The van der Waals surface area contributed by atoms with Crippen LogP contribution in [0.3, 0.4) is 0 Å². The lowest BCUT2D eigenvalue weighted by Crippen LogP contribution is -1.96. The van der Waals surface area contributed by atoms with Crippen LogP contribution >= 0.6 is 11.6 Å². The third-order valence-corrected chi connectivity index (χ3v) is 2.89. The highest BCUT2D eigenvalue weighted by atomic mass is 35.5. The van der Waals surface area contributed by atoms with E-state index >= 15 is 0 Å². The molecular formula is C15H11ClFNO. The van der Waals surface area contributed by atoms with Gasteiger partial charge in [-0.05, 0) is 35.4 Å². The lowest BCUT2D eigenvalue weighted by Gasteiger charge is -2.07. The predicted molar refractivity (Wildman–Crippen MR) is 71.5 cm³/mol. The number of ether oxygens (including phenoxy) is 1. The van der Waals surface area contributed by atoms with Crippen molar-refractivity contribution in [2.24, 2.45) is 0 Å². The first kappa shape index (κ1) is 13.4. The van der Waals surface area contributed by atoms with Gasteiger partial charge in [-0.3, -0.25) is 0 Å². The molecule has 0 aliphatic carbocycles. The molecule has 0 saturated heterocycles. The molecule has 2 rings (SSSR count). The zero-order valence-electron chi connectivity index (χ0n) is 10.1. The molecule has 0 N–H and O–H groups in total. The van der Waals surface area contributed by atoms with Gasteiger partial charge in [0.05, 0.1) is 17.5 Å². The van der Waals surface area contributed by atoms with Crippen LogP contribution in [0.4, 0.5) is 4.39 Å². The molecule has 2 aromatic rings. The molecule has 0 aliphatic rings. The molecule has 0 saturated carbocycles. The van der Waals surface area contributed by atoms with Crippen LogP contribution in [-0.2, 0) is 13.0 Å². The van der Waals surface area contributed by atoms with Gasteiger partial charge in [0.25, 0.3) is 0 Å². The van der Waals surface area contributed by atoms with Crippen molar-refractivity contribution < 1.29 is 9.13 Å². The third kappa shape index (κ3) is 3.70. The number of halogens is 2. The van der Waals surface area contributed by atoms with Crippen LogP contribution in [0.5, 0.6) is 5.75 Å². The van der Waals surface area contributed by atoms with E-state index in [2.05, 4.69) is 6.07 Å². The molecule has 4 heteroatoms. The molecule has 0 heterocycles. The van der Waals surface area contributed by atoms with Crippen LogP contribution in [0.15, 0.2) is 42.5 Å². The SMILES string of the molecule is N#CCc1ccc(OCc2ccc(F)c(Cl)c2)cc1. The van der Waals surface area contributed by atoms with E-state index in [9.17, 15) is 4.39 Å². The maximum atomic E-state index is 13.0. The van der Waals surface area contributed by atoms with E-state index in [0.29, 0.717) is 18.8 Å². The number of nitrogens with zero attached hydrogens (tertiary/aromatic N) is 1. The van der Waals surface area contributed by atoms with Gasteiger partial charge >= 0.3 is 0 Å². The van der Waals surface area contributed by atoms with Gasteiger partial charge in [0.2, 0.25) is 0 Å². The minimum atomic E-state index is -0.439. The molecule has 2 nitrogen and oxygen atoms in total. The molecule has 19 heavy (non-hydrogen) atoms. The standard InChI is InChI=1S/C15H11ClFNO/c16-14-9-12(3-6-15(14)17)10-19-13-4-1-11(2-5-13)7-8-18/h1-6,9H,7,10H2. The maximum absolute atomic E-state index is 13.0. The summed E-state index contributed by atoms with van der Waals surface area (Å²) in [5, 5.41) is 8.65.